The highest BCUT2D eigenvalue weighted by Gasteiger charge is 2.08. The van der Waals surface area contributed by atoms with Crippen molar-refractivity contribution in [2.75, 3.05) is 30.9 Å². The van der Waals surface area contributed by atoms with Gasteiger partial charge in [0.05, 0.1) is 12.3 Å². The van der Waals surface area contributed by atoms with Crippen LogP contribution < -0.4 is 10.6 Å². The Labute approximate surface area is 154 Å². The van der Waals surface area contributed by atoms with E-state index in [0.717, 1.165) is 29.2 Å². The highest BCUT2D eigenvalue weighted by Crippen LogP contribution is 2.25. The summed E-state index contributed by atoms with van der Waals surface area (Å²) in [5, 5.41) is 6.67. The maximum atomic E-state index is 5.10. The first-order valence-electron chi connectivity index (χ1n) is 8.82. The molecule has 0 atom stereocenters. The quantitative estimate of drug-likeness (QED) is 0.587. The smallest absolute Gasteiger partial charge is 0.225 e. The highest BCUT2D eigenvalue weighted by molar-refractivity contribution is 5.68. The second kappa shape index (κ2) is 8.97. The molecular formula is C21H24N4O. The predicted octanol–water partition coefficient (Wildman–Crippen LogP) is 4.51. The van der Waals surface area contributed by atoms with Gasteiger partial charge in [-0.2, -0.15) is 4.98 Å². The molecule has 0 spiro atoms. The summed E-state index contributed by atoms with van der Waals surface area (Å²) in [6, 6.07) is 20.4. The minimum absolute atomic E-state index is 0.583. The van der Waals surface area contributed by atoms with Crippen molar-refractivity contribution in [3.63, 3.8) is 0 Å². The van der Waals surface area contributed by atoms with Gasteiger partial charge >= 0.3 is 0 Å². The van der Waals surface area contributed by atoms with Crippen molar-refractivity contribution >= 4 is 17.5 Å². The van der Waals surface area contributed by atoms with Crippen LogP contribution in [-0.4, -0.2) is 30.2 Å². The molecule has 3 rings (SSSR count). The lowest BCUT2D eigenvalue weighted by Crippen LogP contribution is -2.11. The van der Waals surface area contributed by atoms with E-state index < -0.39 is 0 Å². The van der Waals surface area contributed by atoms with Gasteiger partial charge < -0.3 is 15.4 Å². The van der Waals surface area contributed by atoms with E-state index in [1.807, 2.05) is 42.5 Å². The van der Waals surface area contributed by atoms with Crippen LogP contribution in [0.5, 0.6) is 0 Å². The molecule has 3 aromatic rings. The van der Waals surface area contributed by atoms with E-state index in [2.05, 4.69) is 45.7 Å². The van der Waals surface area contributed by atoms with E-state index in [9.17, 15) is 0 Å². The number of hydrogen-bond donors (Lipinski definition) is 2. The Kier molecular flexibility index (Phi) is 6.17. The maximum Gasteiger partial charge on any atom is 0.225 e. The van der Waals surface area contributed by atoms with Gasteiger partial charge in [-0.3, -0.25) is 0 Å². The number of para-hydroxylation sites is 1. The van der Waals surface area contributed by atoms with Gasteiger partial charge in [0.15, 0.2) is 0 Å². The van der Waals surface area contributed by atoms with Crippen molar-refractivity contribution in [2.24, 2.45) is 0 Å². The molecule has 0 aliphatic rings. The summed E-state index contributed by atoms with van der Waals surface area (Å²) in [4.78, 5) is 9.25. The van der Waals surface area contributed by atoms with Crippen LogP contribution in [0.2, 0.25) is 0 Å². The highest BCUT2D eigenvalue weighted by atomic mass is 16.5. The topological polar surface area (TPSA) is 59.1 Å². The van der Waals surface area contributed by atoms with Crippen LogP contribution in [0.15, 0.2) is 60.7 Å². The summed E-state index contributed by atoms with van der Waals surface area (Å²) < 4.78 is 5.10. The van der Waals surface area contributed by atoms with Crippen LogP contribution in [0.1, 0.15) is 12.5 Å². The van der Waals surface area contributed by atoms with E-state index in [1.165, 1.54) is 5.56 Å². The Bertz CT molecular complexity index is 836. The fourth-order valence-corrected chi connectivity index (χ4v) is 2.70. The molecule has 134 valence electrons. The third-order valence-corrected chi connectivity index (χ3v) is 4.05. The summed E-state index contributed by atoms with van der Waals surface area (Å²) in [7, 11) is 1.68. The molecule has 5 nitrogen and oxygen atoms in total. The number of ether oxygens (including phenoxy) is 1. The number of hydrogen-bond acceptors (Lipinski definition) is 5. The van der Waals surface area contributed by atoms with Crippen LogP contribution in [0.25, 0.3) is 11.3 Å². The molecule has 0 amide bonds. The van der Waals surface area contributed by atoms with Gasteiger partial charge in [-0.15, -0.1) is 0 Å². The number of anilines is 3. The number of benzene rings is 2. The Morgan fingerprint density at radius 3 is 2.50 bits per heavy atom. The summed E-state index contributed by atoms with van der Waals surface area (Å²) in [6.07, 6.45) is 0.957. The second-order valence-electron chi connectivity index (χ2n) is 5.88. The van der Waals surface area contributed by atoms with Crippen LogP contribution in [0.4, 0.5) is 17.5 Å². The van der Waals surface area contributed by atoms with Gasteiger partial charge in [0, 0.05) is 31.0 Å². The molecule has 2 aromatic carbocycles. The molecule has 0 saturated heterocycles. The minimum Gasteiger partial charge on any atom is -0.383 e. The summed E-state index contributed by atoms with van der Waals surface area (Å²) in [5.74, 6) is 1.35. The van der Waals surface area contributed by atoms with Gasteiger partial charge in [0.2, 0.25) is 5.95 Å². The number of nitrogens with zero attached hydrogens (tertiary/aromatic N) is 2. The van der Waals surface area contributed by atoms with E-state index in [1.54, 1.807) is 7.11 Å². The predicted molar refractivity (Wildman–Crippen MR) is 107 cm³/mol. The van der Waals surface area contributed by atoms with Crippen LogP contribution in [0.3, 0.4) is 0 Å². The van der Waals surface area contributed by atoms with Crippen molar-refractivity contribution in [3.8, 4) is 11.3 Å². The number of rotatable bonds is 8. The van der Waals surface area contributed by atoms with Crippen molar-refractivity contribution in [2.45, 2.75) is 13.3 Å². The molecule has 0 bridgehead atoms. The monoisotopic (exact) mass is 348 g/mol. The Balaban J connectivity index is 1.93. The van der Waals surface area contributed by atoms with Gasteiger partial charge in [-0.25, -0.2) is 4.98 Å². The van der Waals surface area contributed by atoms with Gasteiger partial charge in [-0.1, -0.05) is 55.5 Å². The largest absolute Gasteiger partial charge is 0.383 e. The Hall–Kier alpha value is -2.92. The van der Waals surface area contributed by atoms with Gasteiger partial charge in [0.1, 0.15) is 5.82 Å². The van der Waals surface area contributed by atoms with Crippen molar-refractivity contribution < 1.29 is 4.74 Å². The minimum atomic E-state index is 0.583. The molecule has 5 heteroatoms. The first kappa shape index (κ1) is 17.9. The summed E-state index contributed by atoms with van der Waals surface area (Å²) >= 11 is 0. The zero-order valence-corrected chi connectivity index (χ0v) is 15.2. The number of nitrogens with one attached hydrogen (secondary N) is 2. The lowest BCUT2D eigenvalue weighted by Gasteiger charge is -2.13. The van der Waals surface area contributed by atoms with E-state index in [0.29, 0.717) is 19.1 Å². The van der Waals surface area contributed by atoms with Crippen molar-refractivity contribution in [1.29, 1.82) is 0 Å². The standard InChI is InChI=1S/C21H24N4O/c1-3-16-9-7-8-12-18(16)23-20-15-19(17-10-5-4-6-11-17)24-21(25-20)22-13-14-26-2/h4-12,15H,3,13-14H2,1-2H3,(H2,22,23,24,25). The van der Waals surface area contributed by atoms with Crippen LogP contribution in [0, 0.1) is 0 Å². The Morgan fingerprint density at radius 1 is 0.962 bits per heavy atom. The molecular weight excluding hydrogens is 324 g/mol. The lowest BCUT2D eigenvalue weighted by molar-refractivity contribution is 0.210. The van der Waals surface area contributed by atoms with Gasteiger partial charge in [0.25, 0.3) is 0 Å². The zero-order chi connectivity index (χ0) is 18.2. The second-order valence-corrected chi connectivity index (χ2v) is 5.88. The maximum absolute atomic E-state index is 5.10. The number of aryl methyl sites for hydroxylation is 1. The molecule has 0 unspecified atom stereocenters. The fraction of sp³-hybridized carbons (Fsp3) is 0.238. The lowest BCUT2D eigenvalue weighted by atomic mass is 10.1. The van der Waals surface area contributed by atoms with Crippen molar-refractivity contribution in [3.05, 3.63) is 66.2 Å². The first-order chi connectivity index (χ1) is 12.8. The molecule has 0 aliphatic heterocycles. The third kappa shape index (κ3) is 4.58. The fourth-order valence-electron chi connectivity index (χ4n) is 2.70. The number of aromatic nitrogens is 2. The SMILES string of the molecule is CCc1ccccc1Nc1cc(-c2ccccc2)nc(NCCOC)n1. The molecule has 1 aromatic heterocycles. The van der Waals surface area contributed by atoms with Crippen LogP contribution in [-0.2, 0) is 11.2 Å². The van der Waals surface area contributed by atoms with E-state index in [-0.39, 0.29) is 0 Å². The molecule has 1 heterocycles. The van der Waals surface area contributed by atoms with Crippen molar-refractivity contribution in [1.82, 2.24) is 9.97 Å². The third-order valence-electron chi connectivity index (χ3n) is 4.05. The number of methoxy groups -OCH3 is 1. The Morgan fingerprint density at radius 2 is 1.73 bits per heavy atom. The van der Waals surface area contributed by atoms with Gasteiger partial charge in [-0.05, 0) is 18.1 Å². The van der Waals surface area contributed by atoms with E-state index >= 15 is 0 Å². The molecule has 0 radical (unpaired) electrons. The normalized spacial score (nSPS) is 10.5. The average Bonchev–Trinajstić information content (AvgIpc) is 2.69. The average molecular weight is 348 g/mol. The van der Waals surface area contributed by atoms with E-state index in [4.69, 9.17) is 4.74 Å². The first-order valence-corrected chi connectivity index (χ1v) is 8.82. The summed E-state index contributed by atoms with van der Waals surface area (Å²) in [6.45, 7) is 3.40. The zero-order valence-electron chi connectivity index (χ0n) is 15.2. The molecule has 0 aliphatic carbocycles. The summed E-state index contributed by atoms with van der Waals surface area (Å²) in [5.41, 5.74) is 4.24. The molecule has 2 N–H and O–H groups in total. The molecule has 26 heavy (non-hydrogen) atoms. The molecule has 0 fully saturated rings. The molecule has 0 saturated carbocycles. The van der Waals surface area contributed by atoms with Crippen LogP contribution >= 0.6 is 0 Å².